The lowest BCUT2D eigenvalue weighted by Gasteiger charge is -2.28. The van der Waals surface area contributed by atoms with Crippen molar-refractivity contribution < 1.29 is 9.53 Å². The molecule has 1 amide bonds. The molecule has 2 N–H and O–H groups in total. The zero-order valence-corrected chi connectivity index (χ0v) is 17.6. The summed E-state index contributed by atoms with van der Waals surface area (Å²) in [4.78, 5) is 16.8. The lowest BCUT2D eigenvalue weighted by Crippen LogP contribution is -2.39. The van der Waals surface area contributed by atoms with Crippen LogP contribution in [0.5, 0.6) is 5.75 Å². The van der Waals surface area contributed by atoms with Gasteiger partial charge in [-0.25, -0.2) is 0 Å². The number of carbonyl (C=O) groups is 1. The highest BCUT2D eigenvalue weighted by molar-refractivity contribution is 5.85. The van der Waals surface area contributed by atoms with E-state index < -0.39 is 0 Å². The molecule has 2 aromatic carbocycles. The summed E-state index contributed by atoms with van der Waals surface area (Å²) in [6, 6.07) is 18.2. The van der Waals surface area contributed by atoms with E-state index in [-0.39, 0.29) is 36.3 Å². The lowest BCUT2D eigenvalue weighted by atomic mass is 9.95. The summed E-state index contributed by atoms with van der Waals surface area (Å²) in [7, 11) is 3.51. The Morgan fingerprint density at radius 2 is 1.82 bits per heavy atom. The van der Waals surface area contributed by atoms with Crippen molar-refractivity contribution in [1.29, 1.82) is 0 Å². The van der Waals surface area contributed by atoms with E-state index in [1.165, 1.54) is 5.56 Å². The lowest BCUT2D eigenvalue weighted by molar-refractivity contribution is -0.132. The van der Waals surface area contributed by atoms with Gasteiger partial charge in [0.05, 0.1) is 19.7 Å². The first-order chi connectivity index (χ1) is 13.0. The number of methoxy groups -OCH3 is 1. The van der Waals surface area contributed by atoms with E-state index in [4.69, 9.17) is 10.5 Å². The predicted octanol–water partition coefficient (Wildman–Crippen LogP) is 3.06. The van der Waals surface area contributed by atoms with Gasteiger partial charge in [0.2, 0.25) is 5.91 Å². The summed E-state index contributed by atoms with van der Waals surface area (Å²) in [6.07, 6.45) is 0. The number of hydrogen-bond donors (Lipinski definition) is 1. The molecule has 6 heteroatoms. The molecule has 5 nitrogen and oxygen atoms in total. The number of nitrogens with two attached hydrogens (primary N) is 1. The predicted molar refractivity (Wildman–Crippen MR) is 115 cm³/mol. The first-order valence-corrected chi connectivity index (χ1v) is 9.42. The molecule has 1 aliphatic rings. The standard InChI is InChI=1S/C22H29N3O2.ClH/c1-16(18-11-7-8-12-21(18)27-3)24(2)22(26)15-25-13-19(20(23)14-25)17-9-5-4-6-10-17;/h4-12,16,19-20H,13-15,23H2,1-3H3;1H/t16?,19-,20+;/m0./s1. The quantitative estimate of drug-likeness (QED) is 0.805. The number of benzene rings is 2. The molecule has 3 rings (SSSR count). The highest BCUT2D eigenvalue weighted by Crippen LogP contribution is 2.29. The van der Waals surface area contributed by atoms with Gasteiger partial charge in [-0.1, -0.05) is 48.5 Å². The van der Waals surface area contributed by atoms with Crippen LogP contribution in [0, 0.1) is 0 Å². The monoisotopic (exact) mass is 403 g/mol. The molecular formula is C22H30ClN3O2. The normalized spacial score (nSPS) is 20.3. The molecule has 0 aliphatic carbocycles. The SMILES string of the molecule is COc1ccccc1C(C)N(C)C(=O)CN1C[C@@H](N)[C@H](c2ccccc2)C1.Cl. The fourth-order valence-electron chi connectivity index (χ4n) is 3.83. The number of amides is 1. The molecule has 1 fully saturated rings. The Bertz CT molecular complexity index is 771. The largest absolute Gasteiger partial charge is 0.496 e. The molecule has 0 aromatic heterocycles. The Hall–Kier alpha value is -2.08. The van der Waals surface area contributed by atoms with Crippen molar-refractivity contribution in [3.63, 3.8) is 0 Å². The van der Waals surface area contributed by atoms with Gasteiger partial charge in [-0.2, -0.15) is 0 Å². The number of carbonyl (C=O) groups excluding carboxylic acids is 1. The Morgan fingerprint density at radius 1 is 1.18 bits per heavy atom. The third kappa shape index (κ3) is 4.85. The van der Waals surface area contributed by atoms with Crippen LogP contribution in [-0.2, 0) is 4.79 Å². The van der Waals surface area contributed by atoms with E-state index in [0.717, 1.165) is 24.4 Å². The molecule has 3 atom stereocenters. The van der Waals surface area contributed by atoms with Crippen molar-refractivity contribution in [2.75, 3.05) is 33.8 Å². The maximum atomic E-state index is 12.9. The van der Waals surface area contributed by atoms with Crippen molar-refractivity contribution in [2.45, 2.75) is 24.9 Å². The summed E-state index contributed by atoms with van der Waals surface area (Å²) in [5, 5.41) is 0. The second kappa shape index (κ2) is 9.92. The number of hydrogen-bond acceptors (Lipinski definition) is 4. The molecule has 152 valence electrons. The molecule has 0 saturated carbocycles. The Kier molecular flexibility index (Phi) is 7.87. The number of likely N-dealkylation sites (N-methyl/N-ethyl adjacent to an activating group) is 1. The molecule has 0 spiro atoms. The summed E-state index contributed by atoms with van der Waals surface area (Å²) >= 11 is 0. The van der Waals surface area contributed by atoms with Crippen LogP contribution < -0.4 is 10.5 Å². The van der Waals surface area contributed by atoms with Gasteiger partial charge in [-0.05, 0) is 18.6 Å². The minimum atomic E-state index is -0.0603. The maximum absolute atomic E-state index is 12.9. The zero-order valence-electron chi connectivity index (χ0n) is 16.7. The van der Waals surface area contributed by atoms with E-state index in [1.807, 2.05) is 56.4 Å². The molecule has 1 saturated heterocycles. The smallest absolute Gasteiger partial charge is 0.236 e. The van der Waals surface area contributed by atoms with Crippen LogP contribution in [0.25, 0.3) is 0 Å². The van der Waals surface area contributed by atoms with Gasteiger partial charge in [0.15, 0.2) is 0 Å². The first-order valence-electron chi connectivity index (χ1n) is 9.42. The molecule has 1 heterocycles. The summed E-state index contributed by atoms with van der Waals surface area (Å²) in [5.74, 6) is 1.17. The van der Waals surface area contributed by atoms with Gasteiger partial charge in [0, 0.05) is 37.7 Å². The molecule has 1 unspecified atom stereocenters. The van der Waals surface area contributed by atoms with Gasteiger partial charge in [-0.3, -0.25) is 9.69 Å². The maximum Gasteiger partial charge on any atom is 0.236 e. The van der Waals surface area contributed by atoms with Crippen LogP contribution in [-0.4, -0.2) is 55.5 Å². The van der Waals surface area contributed by atoms with Gasteiger partial charge in [0.1, 0.15) is 5.75 Å². The average Bonchev–Trinajstić information content (AvgIpc) is 3.07. The number of nitrogens with zero attached hydrogens (tertiary/aromatic N) is 2. The van der Waals surface area contributed by atoms with E-state index in [9.17, 15) is 4.79 Å². The summed E-state index contributed by atoms with van der Waals surface area (Å²) in [5.41, 5.74) is 8.62. The van der Waals surface area contributed by atoms with E-state index >= 15 is 0 Å². The fraction of sp³-hybridized carbons (Fsp3) is 0.409. The van der Waals surface area contributed by atoms with Crippen LogP contribution in [0.4, 0.5) is 0 Å². The van der Waals surface area contributed by atoms with Gasteiger partial charge in [-0.15, -0.1) is 12.4 Å². The van der Waals surface area contributed by atoms with E-state index in [0.29, 0.717) is 6.54 Å². The van der Waals surface area contributed by atoms with E-state index in [1.54, 1.807) is 12.0 Å². The van der Waals surface area contributed by atoms with Crippen LogP contribution in [0.1, 0.15) is 30.0 Å². The van der Waals surface area contributed by atoms with Crippen molar-refractivity contribution in [2.24, 2.45) is 5.73 Å². The van der Waals surface area contributed by atoms with Gasteiger partial charge in [0.25, 0.3) is 0 Å². The third-order valence-electron chi connectivity index (χ3n) is 5.59. The minimum Gasteiger partial charge on any atom is -0.496 e. The van der Waals surface area contributed by atoms with Crippen molar-refractivity contribution in [3.05, 3.63) is 65.7 Å². The molecule has 2 aromatic rings. The number of halogens is 1. The van der Waals surface area contributed by atoms with Crippen LogP contribution >= 0.6 is 12.4 Å². The minimum absolute atomic E-state index is 0. The van der Waals surface area contributed by atoms with Gasteiger partial charge >= 0.3 is 0 Å². The number of likely N-dealkylation sites (tertiary alicyclic amines) is 1. The molecule has 0 radical (unpaired) electrons. The fourth-order valence-corrected chi connectivity index (χ4v) is 3.83. The van der Waals surface area contributed by atoms with Crippen LogP contribution in [0.3, 0.4) is 0 Å². The summed E-state index contributed by atoms with van der Waals surface area (Å²) in [6.45, 7) is 3.96. The van der Waals surface area contributed by atoms with Crippen molar-refractivity contribution >= 4 is 18.3 Å². The third-order valence-corrected chi connectivity index (χ3v) is 5.59. The second-order valence-corrected chi connectivity index (χ2v) is 7.30. The van der Waals surface area contributed by atoms with E-state index in [2.05, 4.69) is 17.0 Å². The Balaban J connectivity index is 0.00000280. The van der Waals surface area contributed by atoms with Crippen LogP contribution in [0.2, 0.25) is 0 Å². The number of rotatable bonds is 6. The Labute approximate surface area is 173 Å². The zero-order chi connectivity index (χ0) is 19.4. The first kappa shape index (κ1) is 22.2. The van der Waals surface area contributed by atoms with Gasteiger partial charge < -0.3 is 15.4 Å². The van der Waals surface area contributed by atoms with Crippen molar-refractivity contribution in [1.82, 2.24) is 9.80 Å². The Morgan fingerprint density at radius 3 is 2.50 bits per heavy atom. The van der Waals surface area contributed by atoms with Crippen molar-refractivity contribution in [3.8, 4) is 5.75 Å². The molecular weight excluding hydrogens is 374 g/mol. The number of para-hydroxylation sites is 1. The molecule has 28 heavy (non-hydrogen) atoms. The highest BCUT2D eigenvalue weighted by Gasteiger charge is 2.33. The second-order valence-electron chi connectivity index (χ2n) is 7.30. The summed E-state index contributed by atoms with van der Waals surface area (Å²) < 4.78 is 5.44. The highest BCUT2D eigenvalue weighted by atomic mass is 35.5. The number of ether oxygens (including phenoxy) is 1. The van der Waals surface area contributed by atoms with Crippen LogP contribution in [0.15, 0.2) is 54.6 Å². The average molecular weight is 404 g/mol. The molecule has 1 aliphatic heterocycles. The molecule has 0 bridgehead atoms. The topological polar surface area (TPSA) is 58.8 Å².